The minimum atomic E-state index is -3.33. The summed E-state index contributed by atoms with van der Waals surface area (Å²) in [5.74, 6) is 0. The second-order valence-corrected chi connectivity index (χ2v) is 8.39. The van der Waals surface area contributed by atoms with Crippen LogP contribution in [-0.4, -0.2) is 33.0 Å². The van der Waals surface area contributed by atoms with Crippen LogP contribution in [-0.2, 0) is 19.1 Å². The number of hydrogen-bond acceptors (Lipinski definition) is 4. The van der Waals surface area contributed by atoms with E-state index < -0.39 is 28.2 Å². The van der Waals surface area contributed by atoms with Gasteiger partial charge in [-0.25, -0.2) is 8.42 Å². The summed E-state index contributed by atoms with van der Waals surface area (Å²) in [6, 6.07) is 5.30. The van der Waals surface area contributed by atoms with Crippen molar-refractivity contribution in [2.45, 2.75) is 50.7 Å². The van der Waals surface area contributed by atoms with Crippen LogP contribution in [0.3, 0.4) is 0 Å². The van der Waals surface area contributed by atoms with Crippen molar-refractivity contribution in [2.24, 2.45) is 0 Å². The Hall–Kier alpha value is -0.845. The van der Waals surface area contributed by atoms with Gasteiger partial charge in [-0.1, -0.05) is 12.1 Å². The molecule has 0 N–H and O–H groups in total. The van der Waals surface area contributed by atoms with Gasteiger partial charge in [0, 0.05) is 11.7 Å². The number of aryl methyl sites for hydroxylation is 1. The standard InChI is InChI=1S/C14H21BO4S/c1-10-7-8-11(12(9-10)20(6,16)17)15-18-13(2,3)14(4,5)19-15/h7-9H,1-6H3. The Morgan fingerprint density at radius 2 is 1.55 bits per heavy atom. The van der Waals surface area contributed by atoms with Crippen molar-refractivity contribution in [3.05, 3.63) is 23.8 Å². The zero-order valence-electron chi connectivity index (χ0n) is 12.9. The lowest BCUT2D eigenvalue weighted by molar-refractivity contribution is 0.00578. The quantitative estimate of drug-likeness (QED) is 0.779. The summed E-state index contributed by atoms with van der Waals surface area (Å²) < 4.78 is 35.8. The summed E-state index contributed by atoms with van der Waals surface area (Å²) in [5.41, 5.74) is 0.483. The lowest BCUT2D eigenvalue weighted by Crippen LogP contribution is -2.41. The number of sulfone groups is 1. The van der Waals surface area contributed by atoms with Gasteiger partial charge in [-0.3, -0.25) is 0 Å². The van der Waals surface area contributed by atoms with Crippen LogP contribution in [0.1, 0.15) is 33.3 Å². The third-order valence-electron chi connectivity index (χ3n) is 4.08. The Bertz CT molecular complexity index is 619. The van der Waals surface area contributed by atoms with E-state index in [0.29, 0.717) is 5.46 Å². The van der Waals surface area contributed by atoms with Crippen LogP contribution in [0.4, 0.5) is 0 Å². The fourth-order valence-electron chi connectivity index (χ4n) is 2.13. The molecule has 20 heavy (non-hydrogen) atoms. The highest BCUT2D eigenvalue weighted by Crippen LogP contribution is 2.36. The van der Waals surface area contributed by atoms with Crippen LogP contribution in [0.15, 0.2) is 23.1 Å². The topological polar surface area (TPSA) is 52.6 Å². The average Bonchev–Trinajstić information content (AvgIpc) is 2.46. The van der Waals surface area contributed by atoms with Crippen molar-refractivity contribution in [1.29, 1.82) is 0 Å². The minimum absolute atomic E-state index is 0.274. The summed E-state index contributed by atoms with van der Waals surface area (Å²) >= 11 is 0. The molecule has 2 rings (SSSR count). The van der Waals surface area contributed by atoms with Gasteiger partial charge in [0.05, 0.1) is 16.1 Å². The van der Waals surface area contributed by atoms with Crippen molar-refractivity contribution in [2.75, 3.05) is 6.26 Å². The fourth-order valence-corrected chi connectivity index (χ4v) is 3.12. The average molecular weight is 296 g/mol. The summed E-state index contributed by atoms with van der Waals surface area (Å²) in [5, 5.41) is 0. The van der Waals surface area contributed by atoms with Crippen LogP contribution in [0, 0.1) is 6.92 Å². The first-order valence-electron chi connectivity index (χ1n) is 6.60. The van der Waals surface area contributed by atoms with Gasteiger partial charge in [0.15, 0.2) is 9.84 Å². The van der Waals surface area contributed by atoms with Crippen LogP contribution in [0.5, 0.6) is 0 Å². The minimum Gasteiger partial charge on any atom is -0.399 e. The first-order chi connectivity index (χ1) is 8.94. The highest BCUT2D eigenvalue weighted by atomic mass is 32.2. The predicted octanol–water partition coefficient (Wildman–Crippen LogP) is 1.70. The fraction of sp³-hybridized carbons (Fsp3) is 0.571. The normalized spacial score (nSPS) is 21.2. The summed E-state index contributed by atoms with van der Waals surface area (Å²) in [6.07, 6.45) is 1.20. The van der Waals surface area contributed by atoms with E-state index in [0.717, 1.165) is 5.56 Å². The van der Waals surface area contributed by atoms with Crippen LogP contribution >= 0.6 is 0 Å². The van der Waals surface area contributed by atoms with E-state index in [1.807, 2.05) is 40.7 Å². The maximum Gasteiger partial charge on any atom is 0.496 e. The van der Waals surface area contributed by atoms with E-state index in [2.05, 4.69) is 0 Å². The molecule has 0 bridgehead atoms. The van der Waals surface area contributed by atoms with Crippen molar-refractivity contribution in [3.63, 3.8) is 0 Å². The van der Waals surface area contributed by atoms with E-state index in [9.17, 15) is 8.42 Å². The monoisotopic (exact) mass is 296 g/mol. The molecule has 1 aliphatic rings. The number of rotatable bonds is 2. The molecule has 1 fully saturated rings. The maximum absolute atomic E-state index is 12.0. The molecule has 0 amide bonds. The highest BCUT2D eigenvalue weighted by Gasteiger charge is 2.52. The van der Waals surface area contributed by atoms with Gasteiger partial charge in [0.2, 0.25) is 0 Å². The summed E-state index contributed by atoms with van der Waals surface area (Å²) in [7, 11) is -3.99. The Balaban J connectivity index is 2.51. The molecule has 0 spiro atoms. The molecular weight excluding hydrogens is 275 g/mol. The second-order valence-electron chi connectivity index (χ2n) is 6.40. The number of benzene rings is 1. The van der Waals surface area contributed by atoms with E-state index in [4.69, 9.17) is 9.31 Å². The van der Waals surface area contributed by atoms with Gasteiger partial charge in [-0.05, 0) is 46.2 Å². The maximum atomic E-state index is 12.0. The predicted molar refractivity (Wildman–Crippen MR) is 80.0 cm³/mol. The van der Waals surface area contributed by atoms with Gasteiger partial charge in [0.25, 0.3) is 0 Å². The van der Waals surface area contributed by atoms with Crippen molar-refractivity contribution in [1.82, 2.24) is 0 Å². The van der Waals surface area contributed by atoms with E-state index in [1.165, 1.54) is 6.26 Å². The van der Waals surface area contributed by atoms with Gasteiger partial charge >= 0.3 is 7.12 Å². The molecule has 110 valence electrons. The molecule has 0 aliphatic carbocycles. The summed E-state index contributed by atoms with van der Waals surface area (Å²) in [6.45, 7) is 9.65. The molecule has 0 saturated carbocycles. The molecule has 0 atom stereocenters. The van der Waals surface area contributed by atoms with Crippen molar-refractivity contribution in [3.8, 4) is 0 Å². The molecule has 1 aromatic carbocycles. The van der Waals surface area contributed by atoms with Gasteiger partial charge in [-0.2, -0.15) is 0 Å². The van der Waals surface area contributed by atoms with E-state index in [-0.39, 0.29) is 4.90 Å². The Morgan fingerprint density at radius 1 is 1.05 bits per heavy atom. The van der Waals surface area contributed by atoms with E-state index in [1.54, 1.807) is 12.1 Å². The molecule has 0 aromatic heterocycles. The van der Waals surface area contributed by atoms with Crippen molar-refractivity contribution >= 4 is 22.4 Å². The third kappa shape index (κ3) is 2.64. The van der Waals surface area contributed by atoms with Crippen LogP contribution in [0.25, 0.3) is 0 Å². The Morgan fingerprint density at radius 3 is 2.00 bits per heavy atom. The molecule has 1 aliphatic heterocycles. The highest BCUT2D eigenvalue weighted by molar-refractivity contribution is 7.91. The molecule has 0 radical (unpaired) electrons. The molecule has 1 saturated heterocycles. The summed E-state index contributed by atoms with van der Waals surface area (Å²) in [4.78, 5) is 0.274. The zero-order valence-corrected chi connectivity index (χ0v) is 13.7. The van der Waals surface area contributed by atoms with Crippen molar-refractivity contribution < 1.29 is 17.7 Å². The molecule has 1 heterocycles. The van der Waals surface area contributed by atoms with Gasteiger partial charge in [0.1, 0.15) is 0 Å². The smallest absolute Gasteiger partial charge is 0.399 e. The van der Waals surface area contributed by atoms with Gasteiger partial charge < -0.3 is 9.31 Å². The van der Waals surface area contributed by atoms with E-state index >= 15 is 0 Å². The molecule has 1 aromatic rings. The third-order valence-corrected chi connectivity index (χ3v) is 5.23. The lowest BCUT2D eigenvalue weighted by Gasteiger charge is -2.32. The molecular formula is C14H21BO4S. The zero-order chi connectivity index (χ0) is 15.3. The SMILES string of the molecule is Cc1ccc(B2OC(C)(C)C(C)(C)O2)c(S(C)(=O)=O)c1. The lowest BCUT2D eigenvalue weighted by atomic mass is 9.79. The second kappa shape index (κ2) is 4.58. The first kappa shape index (κ1) is 15.5. The largest absolute Gasteiger partial charge is 0.496 e. The van der Waals surface area contributed by atoms with Crippen LogP contribution < -0.4 is 5.46 Å². The Kier molecular flexibility index (Phi) is 3.56. The first-order valence-corrected chi connectivity index (χ1v) is 8.49. The van der Waals surface area contributed by atoms with Crippen LogP contribution in [0.2, 0.25) is 0 Å². The van der Waals surface area contributed by atoms with Gasteiger partial charge in [-0.15, -0.1) is 0 Å². The molecule has 6 heteroatoms. The molecule has 4 nitrogen and oxygen atoms in total. The molecule has 0 unspecified atom stereocenters. The Labute approximate surface area is 121 Å². The number of hydrogen-bond donors (Lipinski definition) is 0.